The van der Waals surface area contributed by atoms with E-state index in [2.05, 4.69) is 22.4 Å². The molecule has 0 radical (unpaired) electrons. The molecule has 0 fully saturated rings. The lowest BCUT2D eigenvalue weighted by molar-refractivity contribution is 0.561. The highest BCUT2D eigenvalue weighted by Crippen LogP contribution is 2.22. The van der Waals surface area contributed by atoms with Gasteiger partial charge in [0.1, 0.15) is 5.82 Å². The van der Waals surface area contributed by atoms with Gasteiger partial charge in [-0.15, -0.1) is 0 Å². The zero-order valence-electron chi connectivity index (χ0n) is 14.0. The van der Waals surface area contributed by atoms with Crippen molar-refractivity contribution in [3.8, 4) is 0 Å². The van der Waals surface area contributed by atoms with E-state index in [4.69, 9.17) is 0 Å². The SMILES string of the molecule is CCCn1ccc(CNC(c2ccc(F)cc2)c2cnn(C)c2)n1. The van der Waals surface area contributed by atoms with Crippen molar-refractivity contribution in [2.75, 3.05) is 0 Å². The average molecular weight is 327 g/mol. The van der Waals surface area contributed by atoms with Crippen molar-refractivity contribution in [2.45, 2.75) is 32.5 Å². The summed E-state index contributed by atoms with van der Waals surface area (Å²) in [4.78, 5) is 0. The molecule has 0 saturated heterocycles. The van der Waals surface area contributed by atoms with Crippen molar-refractivity contribution < 1.29 is 4.39 Å². The van der Waals surface area contributed by atoms with E-state index in [0.29, 0.717) is 6.54 Å². The minimum Gasteiger partial charge on any atom is -0.300 e. The number of nitrogens with zero attached hydrogens (tertiary/aromatic N) is 4. The van der Waals surface area contributed by atoms with Gasteiger partial charge in [0.15, 0.2) is 0 Å². The van der Waals surface area contributed by atoms with Crippen LogP contribution in [0.1, 0.15) is 36.2 Å². The molecule has 6 heteroatoms. The largest absolute Gasteiger partial charge is 0.300 e. The standard InChI is InChI=1S/C18H22FN5/c1-3-9-24-10-8-17(22-24)12-20-18(15-11-21-23(2)13-15)14-4-6-16(19)7-5-14/h4-8,10-11,13,18,20H,3,9,12H2,1-2H3. The quantitative estimate of drug-likeness (QED) is 0.725. The highest BCUT2D eigenvalue weighted by Gasteiger charge is 2.16. The lowest BCUT2D eigenvalue weighted by atomic mass is 10.0. The molecule has 126 valence electrons. The molecular formula is C18H22FN5. The monoisotopic (exact) mass is 327 g/mol. The van der Waals surface area contributed by atoms with Crippen LogP contribution in [0.3, 0.4) is 0 Å². The summed E-state index contributed by atoms with van der Waals surface area (Å²) < 4.78 is 17.0. The first-order chi connectivity index (χ1) is 11.7. The van der Waals surface area contributed by atoms with Gasteiger partial charge in [-0.25, -0.2) is 4.39 Å². The van der Waals surface area contributed by atoms with Gasteiger partial charge in [0.05, 0.1) is 17.9 Å². The number of hydrogen-bond donors (Lipinski definition) is 1. The fourth-order valence-electron chi connectivity index (χ4n) is 2.73. The van der Waals surface area contributed by atoms with E-state index in [0.717, 1.165) is 29.8 Å². The van der Waals surface area contributed by atoms with Crippen LogP contribution in [0.2, 0.25) is 0 Å². The summed E-state index contributed by atoms with van der Waals surface area (Å²) >= 11 is 0. The summed E-state index contributed by atoms with van der Waals surface area (Å²) in [5, 5.41) is 12.3. The highest BCUT2D eigenvalue weighted by atomic mass is 19.1. The molecule has 1 N–H and O–H groups in total. The minimum absolute atomic E-state index is 0.0596. The molecule has 0 aliphatic heterocycles. The van der Waals surface area contributed by atoms with E-state index >= 15 is 0 Å². The molecule has 2 heterocycles. The normalized spacial score (nSPS) is 12.5. The van der Waals surface area contributed by atoms with Crippen LogP contribution in [-0.2, 0) is 20.1 Å². The van der Waals surface area contributed by atoms with Gasteiger partial charge in [-0.05, 0) is 30.2 Å². The van der Waals surface area contributed by atoms with Gasteiger partial charge in [0.25, 0.3) is 0 Å². The maximum absolute atomic E-state index is 13.2. The zero-order chi connectivity index (χ0) is 16.9. The van der Waals surface area contributed by atoms with Crippen molar-refractivity contribution in [1.82, 2.24) is 24.9 Å². The lowest BCUT2D eigenvalue weighted by Crippen LogP contribution is -2.22. The molecule has 0 aliphatic carbocycles. The second-order valence-corrected chi connectivity index (χ2v) is 5.88. The van der Waals surface area contributed by atoms with Crippen LogP contribution in [-0.4, -0.2) is 19.6 Å². The number of halogens is 1. The van der Waals surface area contributed by atoms with Crippen molar-refractivity contribution >= 4 is 0 Å². The van der Waals surface area contributed by atoms with Gasteiger partial charge in [-0.1, -0.05) is 19.1 Å². The maximum Gasteiger partial charge on any atom is 0.123 e. The number of aromatic nitrogens is 4. The number of hydrogen-bond acceptors (Lipinski definition) is 3. The third-order valence-corrected chi connectivity index (χ3v) is 3.90. The van der Waals surface area contributed by atoms with Crippen LogP contribution < -0.4 is 5.32 Å². The molecule has 2 aromatic heterocycles. The summed E-state index contributed by atoms with van der Waals surface area (Å²) in [6.07, 6.45) is 6.85. The second kappa shape index (κ2) is 7.40. The third-order valence-electron chi connectivity index (χ3n) is 3.90. The molecule has 3 rings (SSSR count). The fourth-order valence-corrected chi connectivity index (χ4v) is 2.73. The van der Waals surface area contributed by atoms with Gasteiger partial charge >= 0.3 is 0 Å². The molecule has 24 heavy (non-hydrogen) atoms. The Morgan fingerprint density at radius 1 is 1.17 bits per heavy atom. The molecule has 0 saturated carbocycles. The lowest BCUT2D eigenvalue weighted by Gasteiger charge is -2.17. The minimum atomic E-state index is -0.234. The van der Waals surface area contributed by atoms with Crippen molar-refractivity contribution in [1.29, 1.82) is 0 Å². The van der Waals surface area contributed by atoms with E-state index < -0.39 is 0 Å². The third kappa shape index (κ3) is 3.89. The van der Waals surface area contributed by atoms with Gasteiger partial charge in [-0.2, -0.15) is 10.2 Å². The summed E-state index contributed by atoms with van der Waals surface area (Å²) in [5.41, 5.74) is 3.02. The van der Waals surface area contributed by atoms with E-state index in [1.165, 1.54) is 12.1 Å². The Balaban J connectivity index is 1.78. The Hall–Kier alpha value is -2.47. The predicted molar refractivity (Wildman–Crippen MR) is 90.8 cm³/mol. The number of nitrogens with one attached hydrogen (secondary N) is 1. The van der Waals surface area contributed by atoms with E-state index in [1.54, 1.807) is 16.8 Å². The van der Waals surface area contributed by atoms with Gasteiger partial charge in [0.2, 0.25) is 0 Å². The van der Waals surface area contributed by atoms with Gasteiger partial charge in [0, 0.05) is 38.1 Å². The van der Waals surface area contributed by atoms with Crippen molar-refractivity contribution in [3.63, 3.8) is 0 Å². The molecule has 0 bridgehead atoms. The van der Waals surface area contributed by atoms with Crippen LogP contribution in [0.25, 0.3) is 0 Å². The summed E-state index contributed by atoms with van der Waals surface area (Å²) in [7, 11) is 1.89. The van der Waals surface area contributed by atoms with Crippen molar-refractivity contribution in [3.05, 3.63) is 71.6 Å². The Bertz CT molecular complexity index is 775. The van der Waals surface area contributed by atoms with Crippen LogP contribution in [0.5, 0.6) is 0 Å². The van der Waals surface area contributed by atoms with Gasteiger partial charge < -0.3 is 5.32 Å². The number of rotatable bonds is 7. The molecule has 1 unspecified atom stereocenters. The Labute approximate surface area is 141 Å². The van der Waals surface area contributed by atoms with Crippen molar-refractivity contribution in [2.24, 2.45) is 7.05 Å². The second-order valence-electron chi connectivity index (χ2n) is 5.88. The molecule has 3 aromatic rings. The Kier molecular flexibility index (Phi) is 5.05. The summed E-state index contributed by atoms with van der Waals surface area (Å²) in [6.45, 7) is 3.68. The number of aryl methyl sites for hydroxylation is 2. The average Bonchev–Trinajstić information content (AvgIpc) is 3.19. The zero-order valence-corrected chi connectivity index (χ0v) is 14.0. The molecule has 0 aliphatic rings. The topological polar surface area (TPSA) is 47.7 Å². The summed E-state index contributed by atoms with van der Waals surface area (Å²) in [6, 6.07) is 8.53. The highest BCUT2D eigenvalue weighted by molar-refractivity contribution is 5.29. The first-order valence-electron chi connectivity index (χ1n) is 8.15. The van der Waals surface area contributed by atoms with Crippen LogP contribution in [0.15, 0.2) is 48.9 Å². The predicted octanol–water partition coefficient (Wildman–Crippen LogP) is 3.04. The Morgan fingerprint density at radius 3 is 2.62 bits per heavy atom. The Morgan fingerprint density at radius 2 is 1.96 bits per heavy atom. The molecule has 0 amide bonds. The van der Waals surface area contributed by atoms with E-state index in [1.807, 2.05) is 36.4 Å². The first-order valence-corrected chi connectivity index (χ1v) is 8.15. The molecule has 0 spiro atoms. The van der Waals surface area contributed by atoms with Crippen LogP contribution in [0.4, 0.5) is 4.39 Å². The van der Waals surface area contributed by atoms with E-state index in [-0.39, 0.29) is 11.9 Å². The smallest absolute Gasteiger partial charge is 0.123 e. The number of benzene rings is 1. The van der Waals surface area contributed by atoms with Crippen LogP contribution in [0, 0.1) is 5.82 Å². The molecule has 1 atom stereocenters. The van der Waals surface area contributed by atoms with E-state index in [9.17, 15) is 4.39 Å². The van der Waals surface area contributed by atoms with Gasteiger partial charge in [-0.3, -0.25) is 9.36 Å². The molecular weight excluding hydrogens is 305 g/mol. The fraction of sp³-hybridized carbons (Fsp3) is 0.333. The molecule has 1 aromatic carbocycles. The first kappa shape index (κ1) is 16.4. The van der Waals surface area contributed by atoms with Crippen LogP contribution >= 0.6 is 0 Å². The maximum atomic E-state index is 13.2. The summed E-state index contributed by atoms with van der Waals surface area (Å²) in [5.74, 6) is -0.234. The molecule has 5 nitrogen and oxygen atoms in total.